The number of hydrogen-bond acceptors (Lipinski definition) is 1. The van der Waals surface area contributed by atoms with Crippen LogP contribution in [0.4, 0.5) is 0 Å². The van der Waals surface area contributed by atoms with Crippen molar-refractivity contribution in [1.29, 1.82) is 0 Å². The van der Waals surface area contributed by atoms with Crippen LogP contribution in [0.2, 0.25) is 0 Å². The van der Waals surface area contributed by atoms with E-state index in [1.165, 1.54) is 24.8 Å². The van der Waals surface area contributed by atoms with E-state index in [4.69, 9.17) is 0 Å². The Morgan fingerprint density at radius 1 is 1.27 bits per heavy atom. The lowest BCUT2D eigenvalue weighted by Crippen LogP contribution is -2.05. The summed E-state index contributed by atoms with van der Waals surface area (Å²) in [5.74, 6) is 1.56. The summed E-state index contributed by atoms with van der Waals surface area (Å²) in [6.45, 7) is 4.76. The maximum Gasteiger partial charge on any atom is -0.0111 e. The highest BCUT2D eigenvalue weighted by Crippen LogP contribution is 2.45. The van der Waals surface area contributed by atoms with Crippen LogP contribution in [0.5, 0.6) is 0 Å². The van der Waals surface area contributed by atoms with Crippen LogP contribution in [0.3, 0.4) is 0 Å². The Kier molecular flexibility index (Phi) is 3.40. The van der Waals surface area contributed by atoms with E-state index in [0.29, 0.717) is 0 Å². The van der Waals surface area contributed by atoms with Gasteiger partial charge in [-0.3, -0.25) is 0 Å². The van der Waals surface area contributed by atoms with Crippen molar-refractivity contribution in [3.63, 3.8) is 0 Å². The molecule has 0 aromatic rings. The lowest BCUT2D eigenvalue weighted by Gasteiger charge is -2.17. The van der Waals surface area contributed by atoms with Crippen LogP contribution in [0.25, 0.3) is 0 Å². The summed E-state index contributed by atoms with van der Waals surface area (Å²) < 4.78 is 0. The third kappa shape index (κ3) is 2.08. The van der Waals surface area contributed by atoms with E-state index in [2.05, 4.69) is 38.3 Å². The topological polar surface area (TPSA) is 0 Å². The molecule has 0 N–H and O–H groups in total. The SMILES string of the molecule is CSC1=C(C2=CCCC=C2)C(C)C(C)C1. The molecule has 2 aliphatic carbocycles. The Hall–Kier alpha value is -0.430. The summed E-state index contributed by atoms with van der Waals surface area (Å²) in [4.78, 5) is 1.62. The zero-order valence-electron chi connectivity index (χ0n) is 9.92. The second kappa shape index (κ2) is 4.61. The van der Waals surface area contributed by atoms with Gasteiger partial charge in [-0.1, -0.05) is 32.1 Å². The van der Waals surface area contributed by atoms with E-state index in [1.807, 2.05) is 11.8 Å². The highest BCUT2D eigenvalue weighted by atomic mass is 32.2. The van der Waals surface area contributed by atoms with E-state index in [1.54, 1.807) is 10.5 Å². The highest BCUT2D eigenvalue weighted by molar-refractivity contribution is 8.02. The summed E-state index contributed by atoms with van der Waals surface area (Å²) in [7, 11) is 0. The largest absolute Gasteiger partial charge is 0.134 e. The van der Waals surface area contributed by atoms with E-state index in [9.17, 15) is 0 Å². The number of hydrogen-bond donors (Lipinski definition) is 0. The first-order chi connectivity index (χ1) is 7.24. The number of rotatable bonds is 2. The molecule has 0 bridgehead atoms. The fraction of sp³-hybridized carbons (Fsp3) is 0.571. The van der Waals surface area contributed by atoms with E-state index >= 15 is 0 Å². The first kappa shape index (κ1) is 11.1. The molecule has 0 aromatic heterocycles. The molecular weight excluding hydrogens is 200 g/mol. The molecule has 2 rings (SSSR count). The van der Waals surface area contributed by atoms with Gasteiger partial charge in [0.1, 0.15) is 0 Å². The molecule has 0 aliphatic heterocycles. The molecule has 2 unspecified atom stereocenters. The van der Waals surface area contributed by atoms with Crippen molar-refractivity contribution in [2.24, 2.45) is 11.8 Å². The van der Waals surface area contributed by atoms with Crippen molar-refractivity contribution in [1.82, 2.24) is 0 Å². The van der Waals surface area contributed by atoms with Crippen LogP contribution >= 0.6 is 11.8 Å². The van der Waals surface area contributed by atoms with Gasteiger partial charge >= 0.3 is 0 Å². The summed E-state index contributed by atoms with van der Waals surface area (Å²) in [6, 6.07) is 0. The van der Waals surface area contributed by atoms with Crippen molar-refractivity contribution >= 4 is 11.8 Å². The van der Waals surface area contributed by atoms with Crippen LogP contribution in [0.1, 0.15) is 33.1 Å². The predicted molar refractivity (Wildman–Crippen MR) is 69.9 cm³/mol. The van der Waals surface area contributed by atoms with Crippen LogP contribution in [-0.2, 0) is 0 Å². The molecular formula is C14H20S. The summed E-state index contributed by atoms with van der Waals surface area (Å²) >= 11 is 1.95. The first-order valence-corrected chi connectivity index (χ1v) is 7.10. The third-order valence-corrected chi connectivity index (χ3v) is 4.55. The van der Waals surface area contributed by atoms with E-state index < -0.39 is 0 Å². The first-order valence-electron chi connectivity index (χ1n) is 5.88. The van der Waals surface area contributed by atoms with Crippen molar-refractivity contribution in [3.8, 4) is 0 Å². The van der Waals surface area contributed by atoms with Crippen molar-refractivity contribution in [2.45, 2.75) is 33.1 Å². The lowest BCUT2D eigenvalue weighted by molar-refractivity contribution is 0.484. The highest BCUT2D eigenvalue weighted by Gasteiger charge is 2.29. The van der Waals surface area contributed by atoms with Crippen LogP contribution in [0.15, 0.2) is 34.3 Å². The lowest BCUT2D eigenvalue weighted by atomic mass is 9.88. The second-order valence-corrected chi connectivity index (χ2v) is 5.55. The maximum atomic E-state index is 2.42. The van der Waals surface area contributed by atoms with Gasteiger partial charge in [0.2, 0.25) is 0 Å². The Labute approximate surface area is 97.5 Å². The molecule has 15 heavy (non-hydrogen) atoms. The summed E-state index contributed by atoms with van der Waals surface area (Å²) in [5.41, 5.74) is 3.13. The fourth-order valence-corrected chi connectivity index (χ4v) is 3.50. The average Bonchev–Trinajstić information content (AvgIpc) is 2.56. The number of allylic oxidation sites excluding steroid dienone is 6. The van der Waals surface area contributed by atoms with Crippen molar-refractivity contribution in [2.75, 3.05) is 6.26 Å². The van der Waals surface area contributed by atoms with E-state index in [-0.39, 0.29) is 0 Å². The second-order valence-electron chi connectivity index (χ2n) is 4.65. The zero-order chi connectivity index (χ0) is 10.8. The third-order valence-electron chi connectivity index (χ3n) is 3.67. The molecule has 2 atom stereocenters. The Morgan fingerprint density at radius 2 is 2.07 bits per heavy atom. The normalized spacial score (nSPS) is 31.0. The molecule has 0 fully saturated rings. The van der Waals surface area contributed by atoms with Crippen LogP contribution in [-0.4, -0.2) is 6.26 Å². The van der Waals surface area contributed by atoms with Gasteiger partial charge in [0.15, 0.2) is 0 Å². The Bertz CT molecular complexity index is 333. The molecule has 2 aliphatic rings. The molecule has 1 heteroatoms. The Morgan fingerprint density at radius 3 is 2.67 bits per heavy atom. The molecule has 0 amide bonds. The minimum atomic E-state index is 0.737. The van der Waals surface area contributed by atoms with Gasteiger partial charge in [0.25, 0.3) is 0 Å². The molecule has 0 spiro atoms. The standard InChI is InChI=1S/C14H20S/c1-10-9-13(15-3)14(11(10)2)12-7-5-4-6-8-12/h5,7-8,10-11H,4,6,9H2,1-3H3. The molecule has 0 aromatic carbocycles. The van der Waals surface area contributed by atoms with Crippen LogP contribution in [0, 0.1) is 11.8 Å². The average molecular weight is 220 g/mol. The van der Waals surface area contributed by atoms with Gasteiger partial charge in [-0.15, -0.1) is 11.8 Å². The van der Waals surface area contributed by atoms with Gasteiger partial charge in [0.05, 0.1) is 0 Å². The predicted octanol–water partition coefficient (Wildman–Crippen LogP) is 4.56. The monoisotopic (exact) mass is 220 g/mol. The zero-order valence-corrected chi connectivity index (χ0v) is 10.7. The summed E-state index contributed by atoms with van der Waals surface area (Å²) in [6.07, 6.45) is 13.0. The van der Waals surface area contributed by atoms with Gasteiger partial charge in [0, 0.05) is 0 Å². The van der Waals surface area contributed by atoms with E-state index in [0.717, 1.165) is 11.8 Å². The quantitative estimate of drug-likeness (QED) is 0.657. The van der Waals surface area contributed by atoms with Crippen molar-refractivity contribution in [3.05, 3.63) is 34.3 Å². The molecule has 0 heterocycles. The maximum absolute atomic E-state index is 2.42. The minimum absolute atomic E-state index is 0.737. The fourth-order valence-electron chi connectivity index (χ4n) is 2.55. The van der Waals surface area contributed by atoms with Gasteiger partial charge in [-0.05, 0) is 53.4 Å². The summed E-state index contributed by atoms with van der Waals surface area (Å²) in [5, 5.41) is 0. The Balaban J connectivity index is 2.32. The van der Waals surface area contributed by atoms with Crippen molar-refractivity contribution < 1.29 is 0 Å². The van der Waals surface area contributed by atoms with Gasteiger partial charge < -0.3 is 0 Å². The molecule has 0 radical (unpaired) electrons. The van der Waals surface area contributed by atoms with Gasteiger partial charge in [-0.2, -0.15) is 0 Å². The molecule has 0 nitrogen and oxygen atoms in total. The smallest absolute Gasteiger partial charge is 0.0111 e. The molecule has 82 valence electrons. The minimum Gasteiger partial charge on any atom is -0.134 e. The molecule has 0 saturated carbocycles. The van der Waals surface area contributed by atoms with Gasteiger partial charge in [-0.25, -0.2) is 0 Å². The number of thioether (sulfide) groups is 1. The molecule has 0 saturated heterocycles. The van der Waals surface area contributed by atoms with Crippen LogP contribution < -0.4 is 0 Å².